The minimum Gasteiger partial charge on any atom is -0.493 e. The lowest BCUT2D eigenvalue weighted by Crippen LogP contribution is -2.41. The third-order valence-corrected chi connectivity index (χ3v) is 9.65. The Morgan fingerprint density at radius 2 is 1.86 bits per heavy atom. The maximum Gasteiger partial charge on any atom is 0.192 e. The highest BCUT2D eigenvalue weighted by atomic mass is 28.4. The van der Waals surface area contributed by atoms with E-state index in [9.17, 15) is 0 Å². The summed E-state index contributed by atoms with van der Waals surface area (Å²) in [5, 5.41) is 0.152. The first-order chi connectivity index (χ1) is 13.1. The minimum absolute atomic E-state index is 0.152. The lowest BCUT2D eigenvalue weighted by atomic mass is 10.1. The summed E-state index contributed by atoms with van der Waals surface area (Å²) in [6, 6.07) is 5.75. The van der Waals surface area contributed by atoms with Crippen molar-refractivity contribution in [2.75, 3.05) is 20.3 Å². The van der Waals surface area contributed by atoms with Crippen LogP contribution in [0.5, 0.6) is 11.5 Å². The van der Waals surface area contributed by atoms with Crippen LogP contribution in [0.15, 0.2) is 37.2 Å². The number of hydrogen-bond donors (Lipinski definition) is 0. The lowest BCUT2D eigenvalue weighted by Gasteiger charge is -2.36. The molecule has 6 heteroatoms. The molecule has 2 aromatic rings. The molecule has 0 N–H and O–H groups in total. The second-order valence-corrected chi connectivity index (χ2v) is 13.1. The number of rotatable bonds is 8. The average Bonchev–Trinajstić information content (AvgIpc) is 2.65. The van der Waals surface area contributed by atoms with Crippen molar-refractivity contribution in [2.24, 2.45) is 0 Å². The Hall–Kier alpha value is -2.18. The molecular weight excluding hydrogens is 368 g/mol. The van der Waals surface area contributed by atoms with E-state index < -0.39 is 8.32 Å². The molecule has 28 heavy (non-hydrogen) atoms. The van der Waals surface area contributed by atoms with Crippen molar-refractivity contribution in [2.45, 2.75) is 45.8 Å². The van der Waals surface area contributed by atoms with Crippen LogP contribution in [0.2, 0.25) is 18.1 Å². The molecule has 0 unspecified atom stereocenters. The topological polar surface area (TPSA) is 53.5 Å². The van der Waals surface area contributed by atoms with Crippen molar-refractivity contribution >= 4 is 13.9 Å². The van der Waals surface area contributed by atoms with Crippen molar-refractivity contribution in [3.63, 3.8) is 0 Å². The molecule has 2 rings (SSSR count). The van der Waals surface area contributed by atoms with E-state index in [-0.39, 0.29) is 5.04 Å². The predicted octanol–water partition coefficient (Wildman–Crippen LogP) is 5.59. The fourth-order valence-electron chi connectivity index (χ4n) is 2.34. The standard InChI is InChI=1S/C22H32N2O3Si/c1-9-26-21-12-17(10-11-20(21)25-6)19-14-23-13-18(24-19)16(2)15-27-28(7,8)22(3,4)5/h10-14H,2,9,15H2,1,3-8H3. The fourth-order valence-corrected chi connectivity index (χ4v) is 3.31. The van der Waals surface area contributed by atoms with Gasteiger partial charge in [0.05, 0.1) is 44.1 Å². The third kappa shape index (κ3) is 5.20. The Morgan fingerprint density at radius 1 is 1.14 bits per heavy atom. The lowest BCUT2D eigenvalue weighted by molar-refractivity contribution is 0.311. The second-order valence-electron chi connectivity index (χ2n) is 8.24. The molecule has 1 heterocycles. The Morgan fingerprint density at radius 3 is 2.46 bits per heavy atom. The first-order valence-electron chi connectivity index (χ1n) is 9.54. The monoisotopic (exact) mass is 400 g/mol. The molecule has 1 aromatic carbocycles. The normalized spacial score (nSPS) is 12.0. The summed E-state index contributed by atoms with van der Waals surface area (Å²) >= 11 is 0. The van der Waals surface area contributed by atoms with Gasteiger partial charge >= 0.3 is 0 Å². The van der Waals surface area contributed by atoms with Crippen LogP contribution in [-0.4, -0.2) is 38.6 Å². The molecule has 0 aliphatic heterocycles. The Labute approximate surface area is 169 Å². The summed E-state index contributed by atoms with van der Waals surface area (Å²) in [7, 11) is -0.215. The number of hydrogen-bond acceptors (Lipinski definition) is 5. The van der Waals surface area contributed by atoms with Crippen LogP contribution in [0.25, 0.3) is 16.8 Å². The zero-order valence-electron chi connectivity index (χ0n) is 18.1. The van der Waals surface area contributed by atoms with Gasteiger partial charge in [-0.15, -0.1) is 0 Å². The molecule has 0 aliphatic rings. The largest absolute Gasteiger partial charge is 0.493 e. The van der Waals surface area contributed by atoms with Crippen LogP contribution in [0.4, 0.5) is 0 Å². The van der Waals surface area contributed by atoms with E-state index in [1.54, 1.807) is 19.5 Å². The van der Waals surface area contributed by atoms with Crippen LogP contribution in [-0.2, 0) is 4.43 Å². The first-order valence-corrected chi connectivity index (χ1v) is 12.4. The Balaban J connectivity index is 2.22. The van der Waals surface area contributed by atoms with Gasteiger partial charge in [-0.1, -0.05) is 27.4 Å². The van der Waals surface area contributed by atoms with Crippen LogP contribution in [0.1, 0.15) is 33.4 Å². The minimum atomic E-state index is -1.84. The highest BCUT2D eigenvalue weighted by Crippen LogP contribution is 2.37. The van der Waals surface area contributed by atoms with Crippen molar-refractivity contribution in [1.29, 1.82) is 0 Å². The van der Waals surface area contributed by atoms with Gasteiger partial charge in [-0.3, -0.25) is 4.98 Å². The van der Waals surface area contributed by atoms with Gasteiger partial charge in [-0.2, -0.15) is 0 Å². The van der Waals surface area contributed by atoms with Gasteiger partial charge in [-0.05, 0) is 48.8 Å². The summed E-state index contributed by atoms with van der Waals surface area (Å²) in [5.74, 6) is 1.39. The van der Waals surface area contributed by atoms with Crippen LogP contribution in [0, 0.1) is 0 Å². The van der Waals surface area contributed by atoms with E-state index >= 15 is 0 Å². The molecule has 0 saturated heterocycles. The van der Waals surface area contributed by atoms with Crippen molar-refractivity contribution in [1.82, 2.24) is 9.97 Å². The molecule has 0 aliphatic carbocycles. The third-order valence-electron chi connectivity index (χ3n) is 5.17. The predicted molar refractivity (Wildman–Crippen MR) is 117 cm³/mol. The highest BCUT2D eigenvalue weighted by Gasteiger charge is 2.37. The van der Waals surface area contributed by atoms with E-state index in [0.29, 0.717) is 24.7 Å². The fraction of sp³-hybridized carbons (Fsp3) is 0.455. The molecule has 0 atom stereocenters. The molecule has 5 nitrogen and oxygen atoms in total. The van der Waals surface area contributed by atoms with E-state index in [0.717, 1.165) is 22.5 Å². The maximum absolute atomic E-state index is 6.27. The SMILES string of the molecule is C=C(CO[Si](C)(C)C(C)(C)C)c1cncc(-c2ccc(OC)c(OCC)c2)n1. The Bertz CT molecular complexity index is 829. The number of benzene rings is 1. The summed E-state index contributed by atoms with van der Waals surface area (Å²) in [6.45, 7) is 18.3. The second kappa shape index (κ2) is 8.88. The molecule has 1 aromatic heterocycles. The van der Waals surface area contributed by atoms with Crippen LogP contribution in [0.3, 0.4) is 0 Å². The molecule has 0 radical (unpaired) electrons. The van der Waals surface area contributed by atoms with Gasteiger partial charge < -0.3 is 13.9 Å². The van der Waals surface area contributed by atoms with E-state index in [1.807, 2.05) is 25.1 Å². The van der Waals surface area contributed by atoms with Gasteiger partial charge in [0.1, 0.15) is 0 Å². The number of aromatic nitrogens is 2. The van der Waals surface area contributed by atoms with Crippen molar-refractivity contribution in [3.05, 3.63) is 42.9 Å². The summed E-state index contributed by atoms with van der Waals surface area (Å²) < 4.78 is 17.3. The molecular formula is C22H32N2O3Si. The smallest absolute Gasteiger partial charge is 0.192 e. The van der Waals surface area contributed by atoms with Crippen molar-refractivity contribution in [3.8, 4) is 22.8 Å². The molecule has 0 bridgehead atoms. The first kappa shape index (κ1) is 22.1. The highest BCUT2D eigenvalue weighted by molar-refractivity contribution is 6.74. The Kier molecular flexibility index (Phi) is 7.01. The van der Waals surface area contributed by atoms with Crippen LogP contribution >= 0.6 is 0 Å². The molecule has 152 valence electrons. The number of ether oxygens (including phenoxy) is 2. The van der Waals surface area contributed by atoms with Gasteiger partial charge in [-0.25, -0.2) is 4.98 Å². The van der Waals surface area contributed by atoms with Crippen molar-refractivity contribution < 1.29 is 13.9 Å². The molecule has 0 spiro atoms. The van der Waals surface area contributed by atoms with Gasteiger partial charge in [0.25, 0.3) is 0 Å². The van der Waals surface area contributed by atoms with Crippen LogP contribution < -0.4 is 9.47 Å². The average molecular weight is 401 g/mol. The van der Waals surface area contributed by atoms with E-state index in [2.05, 4.69) is 45.4 Å². The van der Waals surface area contributed by atoms with Gasteiger partial charge in [0.2, 0.25) is 0 Å². The zero-order chi connectivity index (χ0) is 20.9. The maximum atomic E-state index is 6.27. The zero-order valence-corrected chi connectivity index (χ0v) is 19.1. The molecule has 0 amide bonds. The van der Waals surface area contributed by atoms with Gasteiger partial charge in [0, 0.05) is 5.56 Å². The molecule has 0 saturated carbocycles. The summed E-state index contributed by atoms with van der Waals surface area (Å²) in [5.41, 5.74) is 3.24. The summed E-state index contributed by atoms with van der Waals surface area (Å²) in [6.07, 6.45) is 3.47. The van der Waals surface area contributed by atoms with E-state index in [4.69, 9.17) is 18.9 Å². The quantitative estimate of drug-likeness (QED) is 0.541. The number of methoxy groups -OCH3 is 1. The number of nitrogens with zero attached hydrogens (tertiary/aromatic N) is 2. The van der Waals surface area contributed by atoms with Gasteiger partial charge in [0.15, 0.2) is 19.8 Å². The summed E-state index contributed by atoms with van der Waals surface area (Å²) in [4.78, 5) is 9.09. The molecule has 0 fully saturated rings. The van der Waals surface area contributed by atoms with E-state index in [1.165, 1.54) is 0 Å².